The van der Waals surface area contributed by atoms with Crippen LogP contribution in [0.4, 0.5) is 4.39 Å². The van der Waals surface area contributed by atoms with Gasteiger partial charge in [0.15, 0.2) is 0 Å². The van der Waals surface area contributed by atoms with Crippen LogP contribution in [0, 0.1) is 12.7 Å². The van der Waals surface area contributed by atoms with E-state index in [2.05, 4.69) is 10.5 Å². The number of carbonyl (C=O) groups excluding carboxylic acids is 1. The molecule has 1 N–H and O–H groups in total. The molecule has 0 aliphatic carbocycles. The summed E-state index contributed by atoms with van der Waals surface area (Å²) in [6, 6.07) is 8.53. The van der Waals surface area contributed by atoms with Crippen LogP contribution < -0.4 is 5.32 Å². The lowest BCUT2D eigenvalue weighted by atomic mass is 10.1. The third kappa shape index (κ3) is 5.02. The van der Waals surface area contributed by atoms with E-state index in [1.54, 1.807) is 25.1 Å². The number of hydrogen-bond acceptors (Lipinski definition) is 3. The predicted molar refractivity (Wildman–Crippen MR) is 77.3 cm³/mol. The van der Waals surface area contributed by atoms with Gasteiger partial charge in [0.25, 0.3) is 0 Å². The molecule has 0 fully saturated rings. The van der Waals surface area contributed by atoms with Crippen molar-refractivity contribution < 1.29 is 13.7 Å². The molecule has 5 heteroatoms. The molecule has 2 aromatic rings. The van der Waals surface area contributed by atoms with Gasteiger partial charge in [-0.15, -0.1) is 0 Å². The highest BCUT2D eigenvalue weighted by atomic mass is 19.1. The summed E-state index contributed by atoms with van der Waals surface area (Å²) in [6.07, 6.45) is 2.57. The zero-order valence-electron chi connectivity index (χ0n) is 12.1. The fourth-order valence-electron chi connectivity index (χ4n) is 2.10. The molecule has 4 nitrogen and oxygen atoms in total. The third-order valence-corrected chi connectivity index (χ3v) is 3.17. The molecule has 0 spiro atoms. The number of aryl methyl sites for hydroxylation is 2. The maximum Gasteiger partial charge on any atom is 0.226 e. The first-order valence-corrected chi connectivity index (χ1v) is 7.07. The Kier molecular flexibility index (Phi) is 5.49. The first-order valence-electron chi connectivity index (χ1n) is 7.07. The number of unbranched alkanes of at least 4 members (excludes halogenated alkanes) is 1. The van der Waals surface area contributed by atoms with Crippen molar-refractivity contribution >= 4 is 5.91 Å². The number of carbonyl (C=O) groups is 1. The minimum Gasteiger partial charge on any atom is -0.361 e. The Morgan fingerprint density at radius 1 is 1.33 bits per heavy atom. The molecule has 0 saturated carbocycles. The average molecular weight is 290 g/mol. The molecule has 112 valence electrons. The number of halogens is 1. The molecule has 0 radical (unpaired) electrons. The lowest BCUT2D eigenvalue weighted by Crippen LogP contribution is -2.26. The topological polar surface area (TPSA) is 55.1 Å². The van der Waals surface area contributed by atoms with E-state index in [1.165, 1.54) is 6.07 Å². The van der Waals surface area contributed by atoms with Gasteiger partial charge in [-0.3, -0.25) is 4.79 Å². The van der Waals surface area contributed by atoms with Crippen molar-refractivity contribution in [2.75, 3.05) is 6.54 Å². The minimum atomic E-state index is -0.164. The van der Waals surface area contributed by atoms with Gasteiger partial charge < -0.3 is 9.84 Å². The fourth-order valence-corrected chi connectivity index (χ4v) is 2.10. The number of nitrogens with one attached hydrogen (secondary N) is 1. The summed E-state index contributed by atoms with van der Waals surface area (Å²) in [5, 5.41) is 6.60. The van der Waals surface area contributed by atoms with Gasteiger partial charge in [0.2, 0.25) is 5.91 Å². The zero-order chi connectivity index (χ0) is 15.1. The number of benzene rings is 1. The SMILES string of the molecule is Cc1cc(CC(=O)NCCCCc2ccccc2F)no1. The van der Waals surface area contributed by atoms with Crippen LogP contribution in [0.2, 0.25) is 0 Å². The summed E-state index contributed by atoms with van der Waals surface area (Å²) in [5.74, 6) is 0.458. The Morgan fingerprint density at radius 3 is 2.86 bits per heavy atom. The molecule has 0 aliphatic rings. The summed E-state index contributed by atoms with van der Waals surface area (Å²) >= 11 is 0. The van der Waals surface area contributed by atoms with Gasteiger partial charge >= 0.3 is 0 Å². The van der Waals surface area contributed by atoms with E-state index >= 15 is 0 Å². The number of amides is 1. The van der Waals surface area contributed by atoms with Crippen LogP contribution in [-0.4, -0.2) is 17.6 Å². The van der Waals surface area contributed by atoms with E-state index in [0.717, 1.165) is 18.4 Å². The molecule has 0 aliphatic heterocycles. The molecule has 1 aromatic carbocycles. The van der Waals surface area contributed by atoms with Crippen molar-refractivity contribution in [3.05, 3.63) is 53.2 Å². The fraction of sp³-hybridized carbons (Fsp3) is 0.375. The standard InChI is InChI=1S/C16H19FN2O2/c1-12-10-14(19-21-12)11-16(20)18-9-5-4-7-13-6-2-3-8-15(13)17/h2-3,6,8,10H,4-5,7,9,11H2,1H3,(H,18,20). The number of hydrogen-bond donors (Lipinski definition) is 1. The number of nitrogens with zero attached hydrogens (tertiary/aromatic N) is 1. The quantitative estimate of drug-likeness (QED) is 0.798. The predicted octanol–water partition coefficient (Wildman–Crippen LogP) is 2.80. The van der Waals surface area contributed by atoms with E-state index in [9.17, 15) is 9.18 Å². The van der Waals surface area contributed by atoms with E-state index in [1.807, 2.05) is 6.07 Å². The first kappa shape index (κ1) is 15.2. The lowest BCUT2D eigenvalue weighted by Gasteiger charge is -2.05. The normalized spacial score (nSPS) is 10.6. The molecule has 0 saturated heterocycles. The maximum absolute atomic E-state index is 13.4. The van der Waals surface area contributed by atoms with Gasteiger partial charge in [0.1, 0.15) is 11.6 Å². The molecule has 1 heterocycles. The van der Waals surface area contributed by atoms with Gasteiger partial charge in [0.05, 0.1) is 12.1 Å². The van der Waals surface area contributed by atoms with Crippen molar-refractivity contribution in [3.63, 3.8) is 0 Å². The Labute approximate surface area is 123 Å². The van der Waals surface area contributed by atoms with Gasteiger partial charge in [-0.05, 0) is 37.8 Å². The molecule has 0 bridgehead atoms. The highest BCUT2D eigenvalue weighted by Crippen LogP contribution is 2.09. The monoisotopic (exact) mass is 290 g/mol. The largest absolute Gasteiger partial charge is 0.361 e. The van der Waals surface area contributed by atoms with Crippen LogP contribution in [0.15, 0.2) is 34.9 Å². The number of rotatable bonds is 7. The third-order valence-electron chi connectivity index (χ3n) is 3.17. The van der Waals surface area contributed by atoms with Crippen molar-refractivity contribution in [3.8, 4) is 0 Å². The van der Waals surface area contributed by atoms with Crippen molar-refractivity contribution in [1.82, 2.24) is 10.5 Å². The summed E-state index contributed by atoms with van der Waals surface area (Å²) in [5.41, 5.74) is 1.36. The molecule has 0 unspecified atom stereocenters. The van der Waals surface area contributed by atoms with Gasteiger partial charge in [-0.1, -0.05) is 23.4 Å². The van der Waals surface area contributed by atoms with Gasteiger partial charge in [-0.2, -0.15) is 0 Å². The summed E-state index contributed by atoms with van der Waals surface area (Å²) in [7, 11) is 0. The van der Waals surface area contributed by atoms with Crippen LogP contribution in [0.25, 0.3) is 0 Å². The molecule has 2 rings (SSSR count). The molecule has 0 atom stereocenters. The van der Waals surface area contributed by atoms with E-state index < -0.39 is 0 Å². The molecule has 1 amide bonds. The van der Waals surface area contributed by atoms with E-state index in [4.69, 9.17) is 4.52 Å². The van der Waals surface area contributed by atoms with Gasteiger partial charge in [0, 0.05) is 12.6 Å². The lowest BCUT2D eigenvalue weighted by molar-refractivity contribution is -0.120. The zero-order valence-corrected chi connectivity index (χ0v) is 12.1. The summed E-state index contributed by atoms with van der Waals surface area (Å²) in [6.45, 7) is 2.38. The number of aromatic nitrogens is 1. The highest BCUT2D eigenvalue weighted by molar-refractivity contribution is 5.77. The van der Waals surface area contributed by atoms with Crippen molar-refractivity contribution in [2.24, 2.45) is 0 Å². The molecule has 1 aromatic heterocycles. The Morgan fingerprint density at radius 2 is 2.14 bits per heavy atom. The highest BCUT2D eigenvalue weighted by Gasteiger charge is 2.07. The summed E-state index contributed by atoms with van der Waals surface area (Å²) < 4.78 is 18.3. The van der Waals surface area contributed by atoms with Crippen LogP contribution in [0.1, 0.15) is 29.9 Å². The van der Waals surface area contributed by atoms with Crippen LogP contribution >= 0.6 is 0 Å². The van der Waals surface area contributed by atoms with Crippen molar-refractivity contribution in [2.45, 2.75) is 32.6 Å². The molecular weight excluding hydrogens is 271 g/mol. The molecular formula is C16H19FN2O2. The van der Waals surface area contributed by atoms with Crippen LogP contribution in [0.3, 0.4) is 0 Å². The van der Waals surface area contributed by atoms with E-state index in [-0.39, 0.29) is 18.1 Å². The van der Waals surface area contributed by atoms with Gasteiger partial charge in [-0.25, -0.2) is 4.39 Å². The second-order valence-corrected chi connectivity index (χ2v) is 5.00. The Bertz CT molecular complexity index is 595. The van der Waals surface area contributed by atoms with Crippen LogP contribution in [0.5, 0.6) is 0 Å². The Balaban J connectivity index is 1.61. The van der Waals surface area contributed by atoms with Crippen molar-refractivity contribution in [1.29, 1.82) is 0 Å². The Hall–Kier alpha value is -2.17. The maximum atomic E-state index is 13.4. The first-order chi connectivity index (χ1) is 10.1. The second-order valence-electron chi connectivity index (χ2n) is 5.00. The summed E-state index contributed by atoms with van der Waals surface area (Å²) in [4.78, 5) is 11.7. The smallest absolute Gasteiger partial charge is 0.226 e. The minimum absolute atomic E-state index is 0.0748. The molecule has 21 heavy (non-hydrogen) atoms. The second kappa shape index (κ2) is 7.57. The van der Waals surface area contributed by atoms with Crippen LogP contribution in [-0.2, 0) is 17.6 Å². The average Bonchev–Trinajstić information content (AvgIpc) is 2.85. The van der Waals surface area contributed by atoms with E-state index in [0.29, 0.717) is 24.4 Å².